The van der Waals surface area contributed by atoms with Gasteiger partial charge in [-0.3, -0.25) is 14.5 Å². The number of carbonyl (C=O) groups excluding carboxylic acids is 3. The van der Waals surface area contributed by atoms with Crippen molar-refractivity contribution < 1.29 is 23.2 Å². The number of hydrogen-bond acceptors (Lipinski definition) is 3. The third-order valence-electron chi connectivity index (χ3n) is 5.65. The van der Waals surface area contributed by atoms with Gasteiger partial charge in [0.15, 0.2) is 11.6 Å². The van der Waals surface area contributed by atoms with Crippen molar-refractivity contribution in [3.8, 4) is 0 Å². The van der Waals surface area contributed by atoms with Gasteiger partial charge in [-0.05, 0) is 37.5 Å². The third kappa shape index (κ3) is 3.52. The molecule has 1 aliphatic carbocycles. The summed E-state index contributed by atoms with van der Waals surface area (Å²) >= 11 is 0. The van der Waals surface area contributed by atoms with Crippen molar-refractivity contribution in [3.63, 3.8) is 0 Å². The summed E-state index contributed by atoms with van der Waals surface area (Å²) in [5.41, 5.74) is -0.324. The van der Waals surface area contributed by atoms with Gasteiger partial charge < -0.3 is 10.2 Å². The largest absolute Gasteiger partial charge is 0.339 e. The summed E-state index contributed by atoms with van der Waals surface area (Å²) in [6.45, 7) is 1.70. The van der Waals surface area contributed by atoms with Gasteiger partial charge in [-0.25, -0.2) is 13.6 Å². The van der Waals surface area contributed by atoms with E-state index >= 15 is 0 Å². The molecule has 1 aromatic rings. The topological polar surface area (TPSA) is 69.7 Å². The number of benzene rings is 1. The fourth-order valence-electron chi connectivity index (χ4n) is 3.79. The molecular weight excluding hydrogens is 356 g/mol. The molecule has 0 aromatic heterocycles. The molecule has 3 rings (SSSR count). The number of nitrogens with zero attached hydrogens (tertiary/aromatic N) is 2. The van der Waals surface area contributed by atoms with Gasteiger partial charge >= 0.3 is 6.03 Å². The Morgan fingerprint density at radius 2 is 1.93 bits per heavy atom. The minimum Gasteiger partial charge on any atom is -0.339 e. The van der Waals surface area contributed by atoms with Crippen molar-refractivity contribution in [1.29, 1.82) is 0 Å². The van der Waals surface area contributed by atoms with Crippen LogP contribution in [0, 0.1) is 11.6 Å². The Bertz CT molecular complexity index is 777. The maximum atomic E-state index is 13.4. The second-order valence-electron chi connectivity index (χ2n) is 7.28. The standard InChI is InChI=1S/C19H23F2N3O3/c1-12(13-5-6-14(20)15(21)11-13)23(2)16(25)7-10-24-17(26)19(22-18(24)27)8-3-4-9-19/h5-6,11-12H,3-4,7-10H2,1-2H3,(H,22,27). The van der Waals surface area contributed by atoms with Crippen molar-refractivity contribution in [2.45, 2.75) is 50.6 Å². The zero-order valence-electron chi connectivity index (χ0n) is 15.4. The van der Waals surface area contributed by atoms with E-state index in [9.17, 15) is 23.2 Å². The van der Waals surface area contributed by atoms with Crippen LogP contribution in [-0.2, 0) is 9.59 Å². The van der Waals surface area contributed by atoms with Crippen molar-refractivity contribution in [3.05, 3.63) is 35.4 Å². The number of amides is 4. The highest BCUT2D eigenvalue weighted by molar-refractivity contribution is 6.07. The van der Waals surface area contributed by atoms with Gasteiger partial charge in [-0.15, -0.1) is 0 Å². The number of rotatable bonds is 5. The molecule has 1 N–H and O–H groups in total. The summed E-state index contributed by atoms with van der Waals surface area (Å²) in [4.78, 5) is 39.7. The predicted octanol–water partition coefficient (Wildman–Crippen LogP) is 2.74. The van der Waals surface area contributed by atoms with Gasteiger partial charge in [-0.2, -0.15) is 0 Å². The Labute approximate surface area is 156 Å². The average Bonchev–Trinajstić information content (AvgIpc) is 3.20. The van der Waals surface area contributed by atoms with Crippen LogP contribution in [0.25, 0.3) is 0 Å². The van der Waals surface area contributed by atoms with Crippen molar-refractivity contribution in [1.82, 2.24) is 15.1 Å². The maximum Gasteiger partial charge on any atom is 0.325 e. The first-order valence-corrected chi connectivity index (χ1v) is 9.10. The summed E-state index contributed by atoms with van der Waals surface area (Å²) in [5.74, 6) is -2.46. The number of halogens is 2. The van der Waals surface area contributed by atoms with Crippen LogP contribution in [0.4, 0.5) is 13.6 Å². The molecule has 1 heterocycles. The SMILES string of the molecule is CC(c1ccc(F)c(F)c1)N(C)C(=O)CCN1C(=O)NC2(CCCC2)C1=O. The molecule has 2 fully saturated rings. The van der Waals surface area contributed by atoms with Crippen LogP contribution in [0.5, 0.6) is 0 Å². The van der Waals surface area contributed by atoms with Crippen LogP contribution in [0.3, 0.4) is 0 Å². The molecule has 1 unspecified atom stereocenters. The highest BCUT2D eigenvalue weighted by atomic mass is 19.2. The van der Waals surface area contributed by atoms with E-state index < -0.39 is 29.2 Å². The first-order chi connectivity index (χ1) is 12.7. The first-order valence-electron chi connectivity index (χ1n) is 9.10. The van der Waals surface area contributed by atoms with Gasteiger partial charge in [0, 0.05) is 20.0 Å². The van der Waals surface area contributed by atoms with Crippen LogP contribution in [-0.4, -0.2) is 46.8 Å². The van der Waals surface area contributed by atoms with Gasteiger partial charge in [-0.1, -0.05) is 18.9 Å². The Morgan fingerprint density at radius 1 is 1.26 bits per heavy atom. The quantitative estimate of drug-likeness (QED) is 0.800. The van der Waals surface area contributed by atoms with Crippen LogP contribution in [0.1, 0.15) is 50.6 Å². The average molecular weight is 379 g/mol. The number of hydrogen-bond donors (Lipinski definition) is 1. The molecule has 27 heavy (non-hydrogen) atoms. The summed E-state index contributed by atoms with van der Waals surface area (Å²) in [6.07, 6.45) is 3.03. The lowest BCUT2D eigenvalue weighted by Gasteiger charge is -2.26. The molecule has 6 nitrogen and oxygen atoms in total. The molecular formula is C19H23F2N3O3. The van der Waals surface area contributed by atoms with Crippen molar-refractivity contribution in [2.75, 3.05) is 13.6 Å². The molecule has 0 bridgehead atoms. The lowest BCUT2D eigenvalue weighted by molar-refractivity contribution is -0.134. The van der Waals surface area contributed by atoms with Crippen LogP contribution in [0.2, 0.25) is 0 Å². The maximum absolute atomic E-state index is 13.4. The van der Waals surface area contributed by atoms with E-state index in [1.54, 1.807) is 14.0 Å². The molecule has 1 saturated carbocycles. The predicted molar refractivity (Wildman–Crippen MR) is 93.6 cm³/mol. The van der Waals surface area contributed by atoms with Gasteiger partial charge in [0.25, 0.3) is 5.91 Å². The molecule has 1 spiro atoms. The lowest BCUT2D eigenvalue weighted by atomic mass is 9.98. The van der Waals surface area contributed by atoms with E-state index in [1.807, 2.05) is 0 Å². The third-order valence-corrected chi connectivity index (χ3v) is 5.65. The van der Waals surface area contributed by atoms with Gasteiger partial charge in [0.05, 0.1) is 6.04 Å². The minimum absolute atomic E-state index is 0.0000882. The fourth-order valence-corrected chi connectivity index (χ4v) is 3.79. The molecule has 0 radical (unpaired) electrons. The summed E-state index contributed by atoms with van der Waals surface area (Å²) in [6, 6.07) is 2.58. The zero-order valence-corrected chi connectivity index (χ0v) is 15.4. The van der Waals surface area contributed by atoms with Crippen LogP contribution < -0.4 is 5.32 Å². The highest BCUT2D eigenvalue weighted by Gasteiger charge is 2.52. The van der Waals surface area contributed by atoms with Crippen LogP contribution in [0.15, 0.2) is 18.2 Å². The van der Waals surface area contributed by atoms with E-state index in [2.05, 4.69) is 5.32 Å². The number of urea groups is 1. The molecule has 8 heteroatoms. The lowest BCUT2D eigenvalue weighted by Crippen LogP contribution is -2.44. The monoisotopic (exact) mass is 379 g/mol. The fraction of sp³-hybridized carbons (Fsp3) is 0.526. The van der Waals surface area contributed by atoms with Crippen LogP contribution >= 0.6 is 0 Å². The Hall–Kier alpha value is -2.51. The Kier molecular flexibility index (Phi) is 5.17. The molecule has 146 valence electrons. The molecule has 1 atom stereocenters. The summed E-state index contributed by atoms with van der Waals surface area (Å²) in [5, 5.41) is 2.78. The molecule has 1 aliphatic heterocycles. The van der Waals surface area contributed by atoms with E-state index in [0.717, 1.165) is 29.9 Å². The van der Waals surface area contributed by atoms with Crippen molar-refractivity contribution >= 4 is 17.8 Å². The highest BCUT2D eigenvalue weighted by Crippen LogP contribution is 2.35. The Balaban J connectivity index is 1.60. The van der Waals surface area contributed by atoms with E-state index in [-0.39, 0.29) is 24.8 Å². The van der Waals surface area contributed by atoms with E-state index in [0.29, 0.717) is 18.4 Å². The minimum atomic E-state index is -0.971. The number of imide groups is 1. The normalized spacial score (nSPS) is 19.5. The first kappa shape index (κ1) is 19.3. The second kappa shape index (κ2) is 7.25. The zero-order chi connectivity index (χ0) is 19.8. The Morgan fingerprint density at radius 3 is 2.56 bits per heavy atom. The summed E-state index contributed by atoms with van der Waals surface area (Å²) < 4.78 is 26.5. The summed E-state index contributed by atoms with van der Waals surface area (Å²) in [7, 11) is 1.55. The molecule has 4 amide bonds. The second-order valence-corrected chi connectivity index (χ2v) is 7.28. The molecule has 1 saturated heterocycles. The molecule has 2 aliphatic rings. The van der Waals surface area contributed by atoms with Gasteiger partial charge in [0.1, 0.15) is 5.54 Å². The van der Waals surface area contributed by atoms with E-state index in [1.165, 1.54) is 11.0 Å². The van der Waals surface area contributed by atoms with Gasteiger partial charge in [0.2, 0.25) is 5.91 Å². The smallest absolute Gasteiger partial charge is 0.325 e. The number of carbonyl (C=O) groups is 3. The van der Waals surface area contributed by atoms with Crippen molar-refractivity contribution in [2.24, 2.45) is 0 Å². The number of nitrogens with one attached hydrogen (secondary N) is 1. The molecule has 1 aromatic carbocycles. The van der Waals surface area contributed by atoms with E-state index in [4.69, 9.17) is 0 Å².